The van der Waals surface area contributed by atoms with Crippen molar-refractivity contribution in [2.75, 3.05) is 12.3 Å². The van der Waals surface area contributed by atoms with Crippen molar-refractivity contribution in [3.8, 4) is 11.8 Å². The molecule has 0 fully saturated rings. The Bertz CT molecular complexity index is 377. The molecule has 0 saturated heterocycles. The molecule has 2 N–H and O–H groups in total. The van der Waals surface area contributed by atoms with E-state index >= 15 is 0 Å². The molecule has 0 aromatic heterocycles. The maximum absolute atomic E-state index is 8.38. The number of rotatable bonds is 3. The lowest BCUT2D eigenvalue weighted by Crippen LogP contribution is -1.94. The predicted octanol–water partition coefficient (Wildman–Crippen LogP) is 2.20. The summed E-state index contributed by atoms with van der Waals surface area (Å²) in [6, 6.07) is 7.30. The van der Waals surface area contributed by atoms with Gasteiger partial charge in [0.25, 0.3) is 0 Å². The number of hydrogen-bond acceptors (Lipinski definition) is 3. The molecule has 0 aliphatic rings. The van der Waals surface area contributed by atoms with Crippen LogP contribution >= 0.6 is 0 Å². The number of ether oxygens (including phenoxy) is 1. The minimum Gasteiger partial charge on any atom is -0.494 e. The highest BCUT2D eigenvalue weighted by Gasteiger charge is 1.97. The van der Waals surface area contributed by atoms with Gasteiger partial charge in [-0.05, 0) is 31.2 Å². The Hall–Kier alpha value is -1.95. The van der Waals surface area contributed by atoms with Gasteiger partial charge in [0.15, 0.2) is 0 Å². The summed E-state index contributed by atoms with van der Waals surface area (Å²) in [6.45, 7) is 2.53. The molecule has 14 heavy (non-hydrogen) atoms. The summed E-state index contributed by atoms with van der Waals surface area (Å²) in [7, 11) is 0. The van der Waals surface area contributed by atoms with Gasteiger partial charge in [-0.15, -0.1) is 0 Å². The minimum atomic E-state index is 0.616. The molecule has 0 heterocycles. The van der Waals surface area contributed by atoms with E-state index in [1.807, 2.05) is 25.1 Å². The predicted molar refractivity (Wildman–Crippen MR) is 56.7 cm³/mol. The second-order valence-electron chi connectivity index (χ2n) is 2.69. The van der Waals surface area contributed by atoms with Crippen molar-refractivity contribution in [3.05, 3.63) is 29.8 Å². The second kappa shape index (κ2) is 4.93. The first-order chi connectivity index (χ1) is 6.77. The first kappa shape index (κ1) is 10.1. The van der Waals surface area contributed by atoms with Crippen molar-refractivity contribution in [1.82, 2.24) is 0 Å². The van der Waals surface area contributed by atoms with Crippen LogP contribution in [0, 0.1) is 11.3 Å². The summed E-state index contributed by atoms with van der Waals surface area (Å²) >= 11 is 0. The van der Waals surface area contributed by atoms with Gasteiger partial charge in [-0.25, -0.2) is 0 Å². The van der Waals surface area contributed by atoms with Crippen LogP contribution in [-0.2, 0) is 0 Å². The lowest BCUT2D eigenvalue weighted by atomic mass is 10.1. The molecule has 3 heteroatoms. The number of nitrogens with zero attached hydrogens (tertiary/aromatic N) is 1. The Balaban J connectivity index is 2.97. The fraction of sp³-hybridized carbons (Fsp3) is 0.182. The number of anilines is 1. The quantitative estimate of drug-likeness (QED) is 0.584. The third-order valence-corrected chi connectivity index (χ3v) is 1.71. The lowest BCUT2D eigenvalue weighted by molar-refractivity contribution is 0.340. The average molecular weight is 188 g/mol. The van der Waals surface area contributed by atoms with Crippen LogP contribution in [0.5, 0.6) is 5.75 Å². The number of benzene rings is 1. The van der Waals surface area contributed by atoms with Crippen molar-refractivity contribution >= 4 is 11.8 Å². The molecule has 0 aliphatic carbocycles. The van der Waals surface area contributed by atoms with E-state index in [-0.39, 0.29) is 0 Å². The molecule has 0 saturated carbocycles. The monoisotopic (exact) mass is 188 g/mol. The topological polar surface area (TPSA) is 59.0 Å². The Kier molecular flexibility index (Phi) is 3.57. The molecule has 0 bridgehead atoms. The van der Waals surface area contributed by atoms with Crippen molar-refractivity contribution < 1.29 is 4.74 Å². The lowest BCUT2D eigenvalue weighted by Gasteiger charge is -2.05. The third-order valence-electron chi connectivity index (χ3n) is 1.71. The molecule has 0 atom stereocenters. The second-order valence-corrected chi connectivity index (χ2v) is 2.69. The van der Waals surface area contributed by atoms with Crippen LogP contribution in [0.4, 0.5) is 5.69 Å². The van der Waals surface area contributed by atoms with Crippen LogP contribution in [0.2, 0.25) is 0 Å². The Morgan fingerprint density at radius 2 is 2.36 bits per heavy atom. The zero-order chi connectivity index (χ0) is 10.4. The summed E-state index contributed by atoms with van der Waals surface area (Å²) in [4.78, 5) is 0. The highest BCUT2D eigenvalue weighted by Crippen LogP contribution is 2.20. The largest absolute Gasteiger partial charge is 0.494 e. The first-order valence-electron chi connectivity index (χ1n) is 4.36. The van der Waals surface area contributed by atoms with E-state index in [4.69, 9.17) is 15.7 Å². The van der Waals surface area contributed by atoms with E-state index in [2.05, 4.69) is 0 Å². The van der Waals surface area contributed by atoms with E-state index < -0.39 is 0 Å². The molecule has 0 amide bonds. The molecule has 1 rings (SSSR count). The molecule has 72 valence electrons. The van der Waals surface area contributed by atoms with Crippen LogP contribution in [0.25, 0.3) is 6.08 Å². The average Bonchev–Trinajstić information content (AvgIpc) is 2.19. The van der Waals surface area contributed by atoms with Gasteiger partial charge in [-0.1, -0.05) is 0 Å². The summed E-state index contributed by atoms with van der Waals surface area (Å²) in [5, 5.41) is 8.38. The minimum absolute atomic E-state index is 0.616. The highest BCUT2D eigenvalue weighted by atomic mass is 16.5. The van der Waals surface area contributed by atoms with Crippen molar-refractivity contribution in [3.63, 3.8) is 0 Å². The van der Waals surface area contributed by atoms with Gasteiger partial charge in [0.1, 0.15) is 5.75 Å². The molecular weight excluding hydrogens is 176 g/mol. The number of nitrogens with two attached hydrogens (primary N) is 1. The first-order valence-corrected chi connectivity index (χ1v) is 4.36. The van der Waals surface area contributed by atoms with Gasteiger partial charge in [0.05, 0.1) is 12.7 Å². The molecule has 0 unspecified atom stereocenters. The van der Waals surface area contributed by atoms with Gasteiger partial charge in [0.2, 0.25) is 0 Å². The zero-order valence-corrected chi connectivity index (χ0v) is 8.03. The molecule has 1 aromatic rings. The van der Waals surface area contributed by atoms with Gasteiger partial charge in [-0.2, -0.15) is 5.26 Å². The van der Waals surface area contributed by atoms with E-state index in [9.17, 15) is 0 Å². The molecule has 0 spiro atoms. The molecular formula is C11H12N2O. The Morgan fingerprint density at radius 3 is 3.00 bits per heavy atom. The maximum Gasteiger partial charge on any atom is 0.120 e. The van der Waals surface area contributed by atoms with Crippen molar-refractivity contribution in [2.24, 2.45) is 0 Å². The normalized spacial score (nSPS) is 10.0. The summed E-state index contributed by atoms with van der Waals surface area (Å²) in [5.41, 5.74) is 7.15. The number of hydrogen-bond donors (Lipinski definition) is 1. The van der Waals surface area contributed by atoms with Crippen LogP contribution in [-0.4, -0.2) is 6.61 Å². The number of allylic oxidation sites excluding steroid dienone is 1. The fourth-order valence-electron chi connectivity index (χ4n) is 1.08. The van der Waals surface area contributed by atoms with E-state index in [0.29, 0.717) is 12.3 Å². The van der Waals surface area contributed by atoms with Gasteiger partial charge >= 0.3 is 0 Å². The number of nitriles is 1. The maximum atomic E-state index is 8.38. The van der Waals surface area contributed by atoms with Crippen LogP contribution in [0.3, 0.4) is 0 Å². The highest BCUT2D eigenvalue weighted by molar-refractivity contribution is 5.67. The Morgan fingerprint density at radius 1 is 1.57 bits per heavy atom. The smallest absolute Gasteiger partial charge is 0.120 e. The summed E-state index contributed by atoms with van der Waals surface area (Å²) < 4.78 is 5.31. The number of nitrogen functional groups attached to an aromatic ring is 1. The third kappa shape index (κ3) is 2.53. The van der Waals surface area contributed by atoms with Crippen molar-refractivity contribution in [1.29, 1.82) is 5.26 Å². The van der Waals surface area contributed by atoms with Crippen LogP contribution in [0.15, 0.2) is 24.3 Å². The zero-order valence-electron chi connectivity index (χ0n) is 8.03. The van der Waals surface area contributed by atoms with Gasteiger partial charge < -0.3 is 10.5 Å². The molecule has 3 nitrogen and oxygen atoms in total. The molecule has 1 aromatic carbocycles. The van der Waals surface area contributed by atoms with E-state index in [1.54, 1.807) is 12.1 Å². The molecule has 0 aliphatic heterocycles. The van der Waals surface area contributed by atoms with Crippen LogP contribution < -0.4 is 10.5 Å². The van der Waals surface area contributed by atoms with Crippen LogP contribution in [0.1, 0.15) is 12.5 Å². The summed E-state index contributed by atoms with van der Waals surface area (Å²) in [5.74, 6) is 0.763. The van der Waals surface area contributed by atoms with E-state index in [1.165, 1.54) is 6.08 Å². The summed E-state index contributed by atoms with van der Waals surface area (Å²) in [6.07, 6.45) is 3.05. The van der Waals surface area contributed by atoms with Crippen molar-refractivity contribution in [2.45, 2.75) is 6.92 Å². The van der Waals surface area contributed by atoms with Gasteiger partial charge in [-0.3, -0.25) is 0 Å². The van der Waals surface area contributed by atoms with Gasteiger partial charge in [0, 0.05) is 17.3 Å². The SMILES string of the molecule is CCOc1ccc(N)c(/C=C/C#N)c1. The standard InChI is InChI=1S/C11H12N2O/c1-2-14-10-5-6-11(13)9(8-10)4-3-7-12/h3-6,8H,2,13H2,1H3/b4-3+. The fourth-order valence-corrected chi connectivity index (χ4v) is 1.08. The Labute approximate surface area is 83.4 Å². The molecule has 0 radical (unpaired) electrons. The van der Waals surface area contributed by atoms with E-state index in [0.717, 1.165) is 11.3 Å².